The van der Waals surface area contributed by atoms with Crippen LogP contribution in [0.1, 0.15) is 27.0 Å². The minimum absolute atomic E-state index is 0.0693. The minimum atomic E-state index is -4.52. The molecule has 3 N–H and O–H groups in total. The average molecular weight is 436 g/mol. The number of hydrogen-bond acceptors (Lipinski definition) is 4. The number of amides is 1. The van der Waals surface area contributed by atoms with E-state index in [1.54, 1.807) is 6.92 Å². The molecular formula is C21H16F4N2O4. The molecule has 0 aliphatic rings. The van der Waals surface area contributed by atoms with Gasteiger partial charge in [-0.05, 0) is 42.3 Å². The summed E-state index contributed by atoms with van der Waals surface area (Å²) in [5.74, 6) is -2.89. The number of H-pyrrole nitrogens is 1. The summed E-state index contributed by atoms with van der Waals surface area (Å²) in [6.45, 7) is 1.58. The van der Waals surface area contributed by atoms with Gasteiger partial charge in [-0.2, -0.15) is 13.2 Å². The quantitative estimate of drug-likeness (QED) is 0.474. The van der Waals surface area contributed by atoms with Crippen LogP contribution in [0.25, 0.3) is 10.9 Å². The van der Waals surface area contributed by atoms with Crippen LogP contribution >= 0.6 is 0 Å². The van der Waals surface area contributed by atoms with Crippen molar-refractivity contribution in [2.24, 2.45) is 5.73 Å². The van der Waals surface area contributed by atoms with E-state index < -0.39 is 41.1 Å². The van der Waals surface area contributed by atoms with Gasteiger partial charge in [0.1, 0.15) is 5.82 Å². The van der Waals surface area contributed by atoms with Gasteiger partial charge in [0.25, 0.3) is 5.91 Å². The minimum Gasteiger partial charge on any atom is -0.448 e. The Morgan fingerprint density at radius 1 is 1.13 bits per heavy atom. The summed E-state index contributed by atoms with van der Waals surface area (Å²) in [7, 11) is 0. The lowest BCUT2D eigenvalue weighted by atomic mass is 10.0. The van der Waals surface area contributed by atoms with E-state index >= 15 is 0 Å². The smallest absolute Gasteiger partial charge is 0.416 e. The van der Waals surface area contributed by atoms with E-state index in [1.807, 2.05) is 0 Å². The van der Waals surface area contributed by atoms with Crippen LogP contribution in [0.15, 0.2) is 47.3 Å². The summed E-state index contributed by atoms with van der Waals surface area (Å²) >= 11 is 0. The molecule has 0 saturated carbocycles. The van der Waals surface area contributed by atoms with Gasteiger partial charge in [0, 0.05) is 17.9 Å². The van der Waals surface area contributed by atoms with Crippen molar-refractivity contribution in [1.82, 2.24) is 4.98 Å². The van der Waals surface area contributed by atoms with Crippen molar-refractivity contribution in [3.8, 4) is 0 Å². The van der Waals surface area contributed by atoms with Crippen molar-refractivity contribution in [1.29, 1.82) is 0 Å². The number of aryl methyl sites for hydroxylation is 1. The molecule has 1 aromatic heterocycles. The second-order valence-corrected chi connectivity index (χ2v) is 6.91. The number of benzene rings is 2. The predicted octanol–water partition coefficient (Wildman–Crippen LogP) is 3.25. The van der Waals surface area contributed by atoms with Crippen LogP contribution < -0.4 is 11.3 Å². The van der Waals surface area contributed by atoms with Crippen LogP contribution in [0.2, 0.25) is 0 Å². The van der Waals surface area contributed by atoms with Crippen LogP contribution in [-0.4, -0.2) is 23.0 Å². The molecular weight excluding hydrogens is 420 g/mol. The lowest BCUT2D eigenvalue weighted by molar-refractivity contribution is -0.137. The van der Waals surface area contributed by atoms with Crippen LogP contribution in [0.3, 0.4) is 0 Å². The lowest BCUT2D eigenvalue weighted by Gasteiger charge is -2.16. The molecule has 3 aromatic rings. The van der Waals surface area contributed by atoms with E-state index in [-0.39, 0.29) is 28.5 Å². The highest BCUT2D eigenvalue weighted by Gasteiger charge is 2.30. The highest BCUT2D eigenvalue weighted by atomic mass is 19.4. The Hall–Kier alpha value is -3.69. The topological polar surface area (TPSA) is 102 Å². The zero-order valence-electron chi connectivity index (χ0n) is 16.0. The molecule has 0 radical (unpaired) electrons. The molecule has 0 aliphatic heterocycles. The summed E-state index contributed by atoms with van der Waals surface area (Å²) in [5.41, 5.74) is 3.89. The Balaban J connectivity index is 1.90. The molecule has 1 unspecified atom stereocenters. The number of primary amides is 1. The molecule has 1 heterocycles. The maximum absolute atomic E-state index is 14.2. The number of alkyl halides is 3. The predicted molar refractivity (Wildman–Crippen MR) is 103 cm³/mol. The van der Waals surface area contributed by atoms with Gasteiger partial charge in [-0.1, -0.05) is 12.1 Å². The van der Waals surface area contributed by atoms with E-state index in [0.717, 1.165) is 30.3 Å². The summed E-state index contributed by atoms with van der Waals surface area (Å²) < 4.78 is 57.4. The molecule has 2 aromatic carbocycles. The van der Waals surface area contributed by atoms with Gasteiger partial charge >= 0.3 is 12.1 Å². The highest BCUT2D eigenvalue weighted by Crippen LogP contribution is 2.29. The fourth-order valence-corrected chi connectivity index (χ4v) is 3.06. The first-order valence-corrected chi connectivity index (χ1v) is 8.95. The Bertz CT molecular complexity index is 1220. The maximum atomic E-state index is 14.2. The SMILES string of the molecule is Cc1cc(F)c2[nH]c(=O)cc(C(=O)OC(Cc3ccc(C(F)(F)F)cc3)C(N)=O)c2c1. The van der Waals surface area contributed by atoms with Gasteiger partial charge in [-0.3, -0.25) is 9.59 Å². The molecule has 6 nitrogen and oxygen atoms in total. The number of ether oxygens (including phenoxy) is 1. The average Bonchev–Trinajstić information content (AvgIpc) is 2.67. The van der Waals surface area contributed by atoms with Gasteiger partial charge in [0.15, 0.2) is 6.10 Å². The third-order valence-corrected chi connectivity index (χ3v) is 4.54. The van der Waals surface area contributed by atoms with Crippen molar-refractivity contribution < 1.29 is 31.9 Å². The Morgan fingerprint density at radius 2 is 1.77 bits per heavy atom. The molecule has 10 heteroatoms. The molecule has 1 amide bonds. The van der Waals surface area contributed by atoms with E-state index in [1.165, 1.54) is 12.1 Å². The van der Waals surface area contributed by atoms with Crippen molar-refractivity contribution >= 4 is 22.8 Å². The van der Waals surface area contributed by atoms with Gasteiger partial charge in [0.2, 0.25) is 5.56 Å². The van der Waals surface area contributed by atoms with Gasteiger partial charge < -0.3 is 15.5 Å². The number of carbonyl (C=O) groups excluding carboxylic acids is 2. The second-order valence-electron chi connectivity index (χ2n) is 6.91. The zero-order valence-corrected chi connectivity index (χ0v) is 16.0. The molecule has 0 aliphatic carbocycles. The number of carbonyl (C=O) groups is 2. The van der Waals surface area contributed by atoms with Gasteiger partial charge in [-0.25, -0.2) is 9.18 Å². The first-order chi connectivity index (χ1) is 14.5. The van der Waals surface area contributed by atoms with E-state index in [2.05, 4.69) is 4.98 Å². The van der Waals surface area contributed by atoms with E-state index in [4.69, 9.17) is 10.5 Å². The molecule has 0 bridgehead atoms. The molecule has 31 heavy (non-hydrogen) atoms. The number of nitrogens with two attached hydrogens (primary N) is 1. The number of nitrogens with one attached hydrogen (secondary N) is 1. The highest BCUT2D eigenvalue weighted by molar-refractivity contribution is 6.04. The summed E-state index contributed by atoms with van der Waals surface area (Å²) in [4.78, 5) is 38.6. The van der Waals surface area contributed by atoms with E-state index in [9.17, 15) is 31.9 Å². The number of pyridine rings is 1. The molecule has 3 rings (SSSR count). The number of hydrogen-bond donors (Lipinski definition) is 2. The monoisotopic (exact) mass is 436 g/mol. The zero-order chi connectivity index (χ0) is 22.9. The van der Waals surface area contributed by atoms with Gasteiger partial charge in [-0.15, -0.1) is 0 Å². The van der Waals surface area contributed by atoms with E-state index in [0.29, 0.717) is 5.56 Å². The lowest BCUT2D eigenvalue weighted by Crippen LogP contribution is -2.35. The summed E-state index contributed by atoms with van der Waals surface area (Å²) in [5, 5.41) is 0.0693. The molecule has 0 saturated heterocycles. The van der Waals surface area contributed by atoms with Crippen LogP contribution in [0.4, 0.5) is 17.6 Å². The fraction of sp³-hybridized carbons (Fsp3) is 0.190. The second kappa shape index (κ2) is 8.21. The van der Waals surface area contributed by atoms with Gasteiger partial charge in [0.05, 0.1) is 16.6 Å². The standard InChI is InChI=1S/C21H16F4N2O4/c1-10-6-13-14(9-17(28)27-18(13)15(22)7-10)20(30)31-16(19(26)29)8-11-2-4-12(5-3-11)21(23,24)25/h2-7,9,16H,8H2,1H3,(H2,26,29)(H,27,28). The number of esters is 1. The number of rotatable bonds is 5. The normalized spacial score (nSPS) is 12.5. The van der Waals surface area contributed by atoms with Crippen molar-refractivity contribution in [3.63, 3.8) is 0 Å². The van der Waals surface area contributed by atoms with Crippen LogP contribution in [-0.2, 0) is 22.1 Å². The molecule has 0 fully saturated rings. The third kappa shape index (κ3) is 4.90. The summed E-state index contributed by atoms with van der Waals surface area (Å²) in [6, 6.07) is 7.45. The first-order valence-electron chi connectivity index (χ1n) is 8.95. The van der Waals surface area contributed by atoms with Crippen LogP contribution in [0.5, 0.6) is 0 Å². The number of aromatic amines is 1. The fourth-order valence-electron chi connectivity index (χ4n) is 3.06. The third-order valence-electron chi connectivity index (χ3n) is 4.54. The van der Waals surface area contributed by atoms with Crippen molar-refractivity contribution in [3.05, 3.63) is 80.9 Å². The summed E-state index contributed by atoms with van der Waals surface area (Å²) in [6.07, 6.45) is -6.33. The molecule has 1 atom stereocenters. The Labute approximate surface area is 172 Å². The Morgan fingerprint density at radius 3 is 2.35 bits per heavy atom. The number of halogens is 4. The Kier molecular flexibility index (Phi) is 5.83. The van der Waals surface area contributed by atoms with Crippen molar-refractivity contribution in [2.75, 3.05) is 0 Å². The number of aromatic nitrogens is 1. The molecule has 162 valence electrons. The maximum Gasteiger partial charge on any atom is 0.416 e. The first kappa shape index (κ1) is 22.0. The van der Waals surface area contributed by atoms with Crippen molar-refractivity contribution in [2.45, 2.75) is 25.6 Å². The van der Waals surface area contributed by atoms with Crippen LogP contribution in [0, 0.1) is 12.7 Å². The largest absolute Gasteiger partial charge is 0.448 e. The molecule has 0 spiro atoms. The number of fused-ring (bicyclic) bond motifs is 1.